The first kappa shape index (κ1) is 18.2. The molecule has 1 N–H and O–H groups in total. The summed E-state index contributed by atoms with van der Waals surface area (Å²) in [6, 6.07) is 4.05. The molecule has 1 unspecified atom stereocenters. The lowest BCUT2D eigenvalue weighted by molar-refractivity contribution is 0.0354. The summed E-state index contributed by atoms with van der Waals surface area (Å²) in [5.74, 6) is 1.89. The number of rotatable bonds is 10. The van der Waals surface area contributed by atoms with Crippen LogP contribution in [0.3, 0.4) is 0 Å². The highest BCUT2D eigenvalue weighted by Gasteiger charge is 2.11. The number of furan rings is 1. The topological polar surface area (TPSA) is 34.4 Å². The number of hydrogen-bond acceptors (Lipinski definition) is 3. The first-order valence-corrected chi connectivity index (χ1v) is 8.35. The predicted molar refractivity (Wildman–Crippen MR) is 88.3 cm³/mol. The molecule has 0 aromatic carbocycles. The summed E-state index contributed by atoms with van der Waals surface area (Å²) in [5.41, 5.74) is 0.108. The van der Waals surface area contributed by atoms with Crippen molar-refractivity contribution in [2.45, 2.75) is 91.5 Å². The molecular weight excluding hydrogens is 262 g/mol. The Kier molecular flexibility index (Phi) is 8.05. The average molecular weight is 295 g/mol. The van der Waals surface area contributed by atoms with E-state index in [9.17, 15) is 0 Å². The van der Waals surface area contributed by atoms with E-state index in [1.807, 2.05) is 12.1 Å². The normalized spacial score (nSPS) is 13.6. The van der Waals surface area contributed by atoms with E-state index in [0.717, 1.165) is 24.5 Å². The molecule has 1 aromatic rings. The van der Waals surface area contributed by atoms with E-state index >= 15 is 0 Å². The van der Waals surface area contributed by atoms with Crippen LogP contribution in [0, 0.1) is 0 Å². The van der Waals surface area contributed by atoms with Crippen LogP contribution in [0.15, 0.2) is 16.5 Å². The Morgan fingerprint density at radius 1 is 1.14 bits per heavy atom. The van der Waals surface area contributed by atoms with E-state index < -0.39 is 0 Å². The number of nitrogens with one attached hydrogen (secondary N) is 1. The number of unbranched alkanes of at least 4 members (excludes halogenated alkanes) is 3. The van der Waals surface area contributed by atoms with Gasteiger partial charge in [-0.25, -0.2) is 0 Å². The van der Waals surface area contributed by atoms with Crippen molar-refractivity contribution >= 4 is 0 Å². The van der Waals surface area contributed by atoms with Crippen LogP contribution < -0.4 is 5.32 Å². The zero-order valence-electron chi connectivity index (χ0n) is 14.5. The molecule has 122 valence electrons. The molecular formula is C18H33NO2. The van der Waals surface area contributed by atoms with Crippen LogP contribution in [0.25, 0.3) is 0 Å². The highest BCUT2D eigenvalue weighted by Crippen LogP contribution is 2.14. The van der Waals surface area contributed by atoms with Gasteiger partial charge in [-0.2, -0.15) is 0 Å². The lowest BCUT2D eigenvalue weighted by Gasteiger charge is -2.19. The van der Waals surface area contributed by atoms with E-state index in [4.69, 9.17) is 9.15 Å². The monoisotopic (exact) mass is 295 g/mol. The van der Waals surface area contributed by atoms with Crippen molar-refractivity contribution in [1.29, 1.82) is 0 Å². The van der Waals surface area contributed by atoms with Crippen LogP contribution in [-0.4, -0.2) is 11.6 Å². The maximum atomic E-state index is 5.85. The highest BCUT2D eigenvalue weighted by atomic mass is 16.5. The second-order valence-corrected chi connectivity index (χ2v) is 6.94. The highest BCUT2D eigenvalue weighted by molar-refractivity contribution is 5.06. The summed E-state index contributed by atoms with van der Waals surface area (Å²) >= 11 is 0. The molecule has 3 heteroatoms. The van der Waals surface area contributed by atoms with Crippen LogP contribution in [0.1, 0.15) is 78.2 Å². The summed E-state index contributed by atoms with van der Waals surface area (Å²) in [4.78, 5) is 0. The zero-order valence-corrected chi connectivity index (χ0v) is 14.5. The van der Waals surface area contributed by atoms with Crippen molar-refractivity contribution in [3.05, 3.63) is 23.7 Å². The van der Waals surface area contributed by atoms with Gasteiger partial charge in [0.1, 0.15) is 18.1 Å². The van der Waals surface area contributed by atoms with Crippen molar-refractivity contribution < 1.29 is 9.15 Å². The maximum absolute atomic E-state index is 5.85. The lowest BCUT2D eigenvalue weighted by atomic mass is 10.1. The molecule has 0 aliphatic rings. The summed E-state index contributed by atoms with van der Waals surface area (Å²) in [6.45, 7) is 12.2. The molecule has 0 spiro atoms. The fraction of sp³-hybridized carbons (Fsp3) is 0.778. The first-order valence-electron chi connectivity index (χ1n) is 8.35. The van der Waals surface area contributed by atoms with Gasteiger partial charge in [-0.05, 0) is 46.2 Å². The second-order valence-electron chi connectivity index (χ2n) is 6.94. The largest absolute Gasteiger partial charge is 0.462 e. The molecule has 1 atom stereocenters. The molecule has 0 fully saturated rings. The van der Waals surface area contributed by atoms with Crippen LogP contribution >= 0.6 is 0 Å². The van der Waals surface area contributed by atoms with Gasteiger partial charge >= 0.3 is 0 Å². The summed E-state index contributed by atoms with van der Waals surface area (Å²) in [7, 11) is 0. The maximum Gasteiger partial charge on any atom is 0.129 e. The van der Waals surface area contributed by atoms with Crippen molar-refractivity contribution in [2.24, 2.45) is 0 Å². The summed E-state index contributed by atoms with van der Waals surface area (Å²) in [6.07, 6.45) is 6.63. The van der Waals surface area contributed by atoms with E-state index in [1.165, 1.54) is 25.7 Å². The van der Waals surface area contributed by atoms with Crippen LogP contribution in [0.4, 0.5) is 0 Å². The van der Waals surface area contributed by atoms with Gasteiger partial charge in [0.25, 0.3) is 0 Å². The van der Waals surface area contributed by atoms with Crippen LogP contribution in [0.5, 0.6) is 0 Å². The van der Waals surface area contributed by atoms with Gasteiger partial charge in [-0.1, -0.05) is 32.6 Å². The number of ether oxygens (including phenoxy) is 1. The van der Waals surface area contributed by atoms with Crippen molar-refractivity contribution in [3.8, 4) is 0 Å². The molecule has 0 amide bonds. The van der Waals surface area contributed by atoms with Crippen LogP contribution in [0.2, 0.25) is 0 Å². The van der Waals surface area contributed by atoms with Crippen molar-refractivity contribution in [3.63, 3.8) is 0 Å². The molecule has 0 aliphatic carbocycles. The molecule has 1 heterocycles. The molecule has 0 saturated heterocycles. The Morgan fingerprint density at radius 2 is 1.86 bits per heavy atom. The Morgan fingerprint density at radius 3 is 2.52 bits per heavy atom. The smallest absolute Gasteiger partial charge is 0.129 e. The quantitative estimate of drug-likeness (QED) is 0.614. The molecule has 1 aromatic heterocycles. The third-order valence-corrected chi connectivity index (χ3v) is 3.48. The Hall–Kier alpha value is -0.800. The minimum Gasteiger partial charge on any atom is -0.462 e. The lowest BCUT2D eigenvalue weighted by Crippen LogP contribution is -2.34. The molecule has 0 bridgehead atoms. The van der Waals surface area contributed by atoms with E-state index in [2.05, 4.69) is 39.9 Å². The molecule has 0 saturated carbocycles. The molecule has 1 rings (SSSR count). The second kappa shape index (κ2) is 9.26. The summed E-state index contributed by atoms with van der Waals surface area (Å²) in [5, 5.41) is 3.42. The molecule has 3 nitrogen and oxygen atoms in total. The molecule has 0 radical (unpaired) electrons. The predicted octanol–water partition coefficient (Wildman–Crippen LogP) is 5.04. The van der Waals surface area contributed by atoms with E-state index in [0.29, 0.717) is 12.7 Å². The van der Waals surface area contributed by atoms with Crippen molar-refractivity contribution in [2.75, 3.05) is 0 Å². The Labute approximate surface area is 130 Å². The fourth-order valence-corrected chi connectivity index (χ4v) is 2.11. The molecule has 21 heavy (non-hydrogen) atoms. The van der Waals surface area contributed by atoms with E-state index in [-0.39, 0.29) is 5.54 Å². The zero-order chi connectivity index (χ0) is 15.7. The number of hydrogen-bond donors (Lipinski definition) is 1. The SMILES string of the molecule is CCCCCCC(C)OCc1ccc(CNC(C)(C)C)o1. The Balaban J connectivity index is 2.22. The van der Waals surface area contributed by atoms with Crippen molar-refractivity contribution in [1.82, 2.24) is 5.32 Å². The van der Waals surface area contributed by atoms with Gasteiger partial charge in [0.15, 0.2) is 0 Å². The fourth-order valence-electron chi connectivity index (χ4n) is 2.11. The average Bonchev–Trinajstić information content (AvgIpc) is 2.86. The third-order valence-electron chi connectivity index (χ3n) is 3.48. The third kappa shape index (κ3) is 8.94. The van der Waals surface area contributed by atoms with Gasteiger partial charge in [0.2, 0.25) is 0 Å². The molecule has 0 aliphatic heterocycles. The Bertz CT molecular complexity index is 379. The van der Waals surface area contributed by atoms with Gasteiger partial charge in [0, 0.05) is 5.54 Å². The van der Waals surface area contributed by atoms with Crippen LogP contribution in [-0.2, 0) is 17.9 Å². The minimum atomic E-state index is 0.108. The van der Waals surface area contributed by atoms with Gasteiger partial charge in [-0.15, -0.1) is 0 Å². The van der Waals surface area contributed by atoms with Gasteiger partial charge in [0.05, 0.1) is 12.6 Å². The van der Waals surface area contributed by atoms with Gasteiger partial charge in [-0.3, -0.25) is 0 Å². The van der Waals surface area contributed by atoms with Gasteiger partial charge < -0.3 is 14.5 Å². The first-order chi connectivity index (χ1) is 9.90. The summed E-state index contributed by atoms with van der Waals surface area (Å²) < 4.78 is 11.6. The standard InChI is InChI=1S/C18H33NO2/c1-6-7-8-9-10-15(2)20-14-17-12-11-16(21-17)13-19-18(3,4)5/h11-12,15,19H,6-10,13-14H2,1-5H3. The van der Waals surface area contributed by atoms with E-state index in [1.54, 1.807) is 0 Å². The minimum absolute atomic E-state index is 0.108.